The number of Topliss-reactive ketones (excluding diaryl/α,β-unsaturated/α-hetero) is 1. The second-order valence-electron chi connectivity index (χ2n) is 9.82. The highest BCUT2D eigenvalue weighted by Crippen LogP contribution is 2.76. The first-order chi connectivity index (χ1) is 13.2. The lowest BCUT2D eigenvalue weighted by Gasteiger charge is -2.55. The number of carbonyl (C=O) groups excluding carboxylic acids is 2. The molecular weight excluding hydrogens is 363 g/mol. The van der Waals surface area contributed by atoms with Crippen molar-refractivity contribution < 1.29 is 28.9 Å². The summed E-state index contributed by atoms with van der Waals surface area (Å²) in [5.41, 5.74) is -2.45. The van der Waals surface area contributed by atoms with E-state index in [-0.39, 0.29) is 29.1 Å². The molecule has 1 aliphatic heterocycles. The molecule has 0 aromatic heterocycles. The van der Waals surface area contributed by atoms with Crippen LogP contribution in [-0.2, 0) is 14.3 Å². The van der Waals surface area contributed by atoms with Gasteiger partial charge in [-0.05, 0) is 56.6 Å². The highest BCUT2D eigenvalue weighted by atomic mass is 19.1. The van der Waals surface area contributed by atoms with Crippen LogP contribution in [0.3, 0.4) is 0 Å². The summed E-state index contributed by atoms with van der Waals surface area (Å²) in [5, 5.41) is 20.9. The molecule has 6 heteroatoms. The maximum Gasteiger partial charge on any atom is 0.190 e. The molecule has 3 saturated carbocycles. The van der Waals surface area contributed by atoms with Crippen LogP contribution in [0.1, 0.15) is 39.5 Å². The zero-order chi connectivity index (χ0) is 20.1. The van der Waals surface area contributed by atoms with E-state index < -0.39 is 41.6 Å². The van der Waals surface area contributed by atoms with Gasteiger partial charge in [-0.3, -0.25) is 14.0 Å². The Hall–Kier alpha value is -1.37. The molecule has 1 saturated heterocycles. The number of alkyl halides is 1. The van der Waals surface area contributed by atoms with E-state index in [2.05, 4.69) is 6.92 Å². The first-order valence-electron chi connectivity index (χ1n) is 10.2. The van der Waals surface area contributed by atoms with E-state index in [0.717, 1.165) is 18.4 Å². The predicted molar refractivity (Wildman–Crippen MR) is 98.0 cm³/mol. The van der Waals surface area contributed by atoms with Crippen LogP contribution in [0, 0.1) is 28.6 Å². The van der Waals surface area contributed by atoms with Crippen molar-refractivity contribution in [3.63, 3.8) is 0 Å². The third kappa shape index (κ3) is 1.79. The van der Waals surface area contributed by atoms with Gasteiger partial charge in [-0.15, -0.1) is 0 Å². The fourth-order valence-corrected chi connectivity index (χ4v) is 7.65. The summed E-state index contributed by atoms with van der Waals surface area (Å²) in [4.78, 5) is 24.5. The number of carbonyl (C=O) groups is 2. The summed E-state index contributed by atoms with van der Waals surface area (Å²) in [5.74, 6) is -1.48. The van der Waals surface area contributed by atoms with Gasteiger partial charge in [-0.1, -0.05) is 18.6 Å². The summed E-state index contributed by atoms with van der Waals surface area (Å²) in [6, 6.07) is 0. The smallest absolute Gasteiger partial charge is 0.190 e. The maximum atomic E-state index is 13.9. The predicted octanol–water partition coefficient (Wildman–Crippen LogP) is 1.91. The Morgan fingerprint density at radius 3 is 2.79 bits per heavy atom. The van der Waals surface area contributed by atoms with E-state index in [1.54, 1.807) is 12.2 Å². The summed E-state index contributed by atoms with van der Waals surface area (Å²) in [6.07, 6.45) is 7.57. The average Bonchev–Trinajstić information content (AvgIpc) is 3.34. The second-order valence-corrected chi connectivity index (χ2v) is 9.82. The number of halogens is 1. The molecule has 0 radical (unpaired) electrons. The Bertz CT molecular complexity index is 835. The zero-order valence-corrected chi connectivity index (χ0v) is 16.3. The Labute approximate surface area is 163 Å². The van der Waals surface area contributed by atoms with Crippen LogP contribution in [0.15, 0.2) is 23.8 Å². The molecule has 0 aromatic carbocycles. The van der Waals surface area contributed by atoms with Crippen LogP contribution in [-0.4, -0.2) is 52.4 Å². The number of ketones is 2. The number of hydrogen-bond acceptors (Lipinski definition) is 5. The van der Waals surface area contributed by atoms with Gasteiger partial charge in [0.15, 0.2) is 11.6 Å². The molecule has 5 aliphatic rings. The standard InChI is InChI=1S/C22H27FO5/c1-19-6-5-14(25)7-12(19)3-4-15-16-8-13(10-23)21(27,17(26)11-24)20(16,2)9-18-22(15,19)28-18/h5-7,13,15-16,18,24,27H,3-4,8-11H2,1-2H3/t13-,15-,16-,18-,19-,20-,21-,22+/m0/s1. The molecule has 5 rings (SSSR count). The number of ether oxygens (including phenoxy) is 1. The van der Waals surface area contributed by atoms with Crippen molar-refractivity contribution in [3.8, 4) is 0 Å². The van der Waals surface area contributed by atoms with Crippen LogP contribution in [0.4, 0.5) is 4.39 Å². The van der Waals surface area contributed by atoms with Crippen LogP contribution < -0.4 is 0 Å². The number of fused-ring (bicyclic) bond motifs is 3. The lowest BCUT2D eigenvalue weighted by Crippen LogP contribution is -2.62. The minimum atomic E-state index is -1.87. The van der Waals surface area contributed by atoms with Crippen LogP contribution in [0.2, 0.25) is 0 Å². The number of allylic oxidation sites excluding steroid dienone is 2. The normalized spacial score (nSPS) is 53.6. The van der Waals surface area contributed by atoms with Gasteiger partial charge in [0.05, 0.1) is 12.8 Å². The van der Waals surface area contributed by atoms with E-state index in [0.29, 0.717) is 12.8 Å². The molecule has 4 aliphatic carbocycles. The van der Waals surface area contributed by atoms with Gasteiger partial charge in [0.2, 0.25) is 0 Å². The molecule has 0 unspecified atom stereocenters. The van der Waals surface area contributed by atoms with Gasteiger partial charge in [-0.2, -0.15) is 0 Å². The van der Waals surface area contributed by atoms with Crippen molar-refractivity contribution in [1.29, 1.82) is 0 Å². The average molecular weight is 390 g/mol. The Morgan fingerprint density at radius 1 is 1.36 bits per heavy atom. The molecule has 1 heterocycles. The van der Waals surface area contributed by atoms with E-state index in [1.807, 2.05) is 13.0 Å². The molecule has 1 spiro atoms. The van der Waals surface area contributed by atoms with Crippen molar-refractivity contribution in [2.45, 2.75) is 56.8 Å². The molecule has 0 aromatic rings. The van der Waals surface area contributed by atoms with Crippen LogP contribution in [0.5, 0.6) is 0 Å². The summed E-state index contributed by atoms with van der Waals surface area (Å²) >= 11 is 0. The van der Waals surface area contributed by atoms with Crippen LogP contribution in [0.25, 0.3) is 0 Å². The van der Waals surface area contributed by atoms with Gasteiger partial charge >= 0.3 is 0 Å². The fraction of sp³-hybridized carbons (Fsp3) is 0.727. The van der Waals surface area contributed by atoms with Gasteiger partial charge in [0.1, 0.15) is 17.8 Å². The minimum absolute atomic E-state index is 0.00134. The minimum Gasteiger partial charge on any atom is -0.388 e. The van der Waals surface area contributed by atoms with Crippen molar-refractivity contribution in [1.82, 2.24) is 0 Å². The van der Waals surface area contributed by atoms with Crippen molar-refractivity contribution in [2.75, 3.05) is 13.3 Å². The summed E-state index contributed by atoms with van der Waals surface area (Å²) in [7, 11) is 0. The van der Waals surface area contributed by atoms with E-state index in [1.165, 1.54) is 0 Å². The quantitative estimate of drug-likeness (QED) is 0.719. The largest absolute Gasteiger partial charge is 0.388 e. The van der Waals surface area contributed by atoms with Gasteiger partial charge < -0.3 is 14.9 Å². The first-order valence-corrected chi connectivity index (χ1v) is 10.2. The number of aliphatic hydroxyl groups excluding tert-OH is 1. The Kier molecular flexibility index (Phi) is 3.60. The van der Waals surface area contributed by atoms with Crippen molar-refractivity contribution in [3.05, 3.63) is 23.8 Å². The lowest BCUT2D eigenvalue weighted by molar-refractivity contribution is -0.167. The monoisotopic (exact) mass is 390 g/mol. The van der Waals surface area contributed by atoms with Gasteiger partial charge in [0, 0.05) is 16.7 Å². The van der Waals surface area contributed by atoms with Crippen molar-refractivity contribution in [2.24, 2.45) is 28.6 Å². The third-order valence-corrected chi connectivity index (χ3v) is 9.08. The molecular formula is C22H27FO5. The number of rotatable bonds is 3. The van der Waals surface area contributed by atoms with Gasteiger partial charge in [-0.25, -0.2) is 0 Å². The second kappa shape index (κ2) is 5.41. The van der Waals surface area contributed by atoms with Crippen LogP contribution >= 0.6 is 0 Å². The highest BCUT2D eigenvalue weighted by Gasteiger charge is 2.82. The van der Waals surface area contributed by atoms with E-state index >= 15 is 0 Å². The summed E-state index contributed by atoms with van der Waals surface area (Å²) < 4.78 is 20.3. The third-order valence-electron chi connectivity index (χ3n) is 9.08. The molecule has 28 heavy (non-hydrogen) atoms. The number of aliphatic hydroxyl groups is 2. The Balaban J connectivity index is 1.60. The number of hydrogen-bond donors (Lipinski definition) is 2. The van der Waals surface area contributed by atoms with E-state index in [4.69, 9.17) is 4.74 Å². The Morgan fingerprint density at radius 2 is 2.11 bits per heavy atom. The fourth-order valence-electron chi connectivity index (χ4n) is 7.65. The van der Waals surface area contributed by atoms with Crippen molar-refractivity contribution >= 4 is 11.6 Å². The summed E-state index contributed by atoms with van der Waals surface area (Å²) in [6.45, 7) is 2.42. The SMILES string of the molecule is C[C@]12C=CC(=O)C=C1CC[C@H]1[C@@H]3C[C@@H](CF)[C@](O)(C(=O)CO)[C@@]3(C)C[C@@H]3O[C@@]312. The molecule has 2 N–H and O–H groups in total. The maximum absolute atomic E-state index is 13.9. The molecule has 152 valence electrons. The zero-order valence-electron chi connectivity index (χ0n) is 16.3. The van der Waals surface area contributed by atoms with E-state index in [9.17, 15) is 24.2 Å². The lowest BCUT2D eigenvalue weighted by atomic mass is 9.46. The number of epoxide rings is 1. The molecule has 0 bridgehead atoms. The first kappa shape index (κ1) is 18.6. The van der Waals surface area contributed by atoms with Gasteiger partial charge in [0.25, 0.3) is 0 Å². The molecule has 5 nitrogen and oxygen atoms in total. The molecule has 0 amide bonds. The highest BCUT2D eigenvalue weighted by molar-refractivity contribution is 6.01. The molecule has 4 fully saturated rings. The topological polar surface area (TPSA) is 87.1 Å². The molecule has 8 atom stereocenters.